The van der Waals surface area contributed by atoms with Gasteiger partial charge in [0.15, 0.2) is 5.58 Å². The summed E-state index contributed by atoms with van der Waals surface area (Å²) in [5, 5.41) is 6.20. The average Bonchev–Trinajstić information content (AvgIpc) is 2.72. The van der Waals surface area contributed by atoms with Gasteiger partial charge in [0.25, 0.3) is 0 Å². The second-order valence-corrected chi connectivity index (χ2v) is 4.50. The van der Waals surface area contributed by atoms with E-state index >= 15 is 0 Å². The van der Waals surface area contributed by atoms with Gasteiger partial charge in [-0.3, -0.25) is 0 Å². The normalized spacial score (nSPS) is 10.9. The lowest BCUT2D eigenvalue weighted by Crippen LogP contribution is -1.79. The van der Waals surface area contributed by atoms with Crippen molar-refractivity contribution in [1.82, 2.24) is 5.16 Å². The molecule has 0 bridgehead atoms. The quantitative estimate of drug-likeness (QED) is 0.630. The lowest BCUT2D eigenvalue weighted by Gasteiger charge is -1.99. The van der Waals surface area contributed by atoms with Crippen LogP contribution in [-0.4, -0.2) is 5.16 Å². The second kappa shape index (κ2) is 4.06. The van der Waals surface area contributed by atoms with E-state index in [0.29, 0.717) is 21.3 Å². The molecular formula is C13H7Cl2NO. The van der Waals surface area contributed by atoms with Crippen molar-refractivity contribution in [2.75, 3.05) is 0 Å². The van der Waals surface area contributed by atoms with E-state index in [2.05, 4.69) is 5.16 Å². The zero-order chi connectivity index (χ0) is 11.8. The average molecular weight is 264 g/mol. The summed E-state index contributed by atoms with van der Waals surface area (Å²) in [4.78, 5) is 0. The molecule has 84 valence electrons. The number of aromatic nitrogens is 1. The minimum atomic E-state index is 0.641. The lowest BCUT2D eigenvalue weighted by atomic mass is 10.1. The zero-order valence-corrected chi connectivity index (χ0v) is 10.2. The first-order valence-corrected chi connectivity index (χ1v) is 5.81. The van der Waals surface area contributed by atoms with Crippen molar-refractivity contribution >= 4 is 34.2 Å². The predicted octanol–water partition coefficient (Wildman–Crippen LogP) is 4.80. The summed E-state index contributed by atoms with van der Waals surface area (Å²) in [7, 11) is 0. The summed E-state index contributed by atoms with van der Waals surface area (Å²) >= 11 is 12.1. The highest BCUT2D eigenvalue weighted by Gasteiger charge is 2.12. The Morgan fingerprint density at radius 1 is 1.00 bits per heavy atom. The molecule has 3 aromatic rings. The SMILES string of the molecule is Clc1ccc2onc(-c3ccccc3Cl)c2c1. The van der Waals surface area contributed by atoms with E-state index in [1.54, 1.807) is 12.1 Å². The molecule has 2 aromatic carbocycles. The van der Waals surface area contributed by atoms with Crippen molar-refractivity contribution in [3.8, 4) is 11.3 Å². The molecule has 0 aliphatic rings. The Kier molecular flexibility index (Phi) is 2.54. The molecule has 1 aromatic heterocycles. The Morgan fingerprint density at radius 2 is 1.82 bits per heavy atom. The van der Waals surface area contributed by atoms with Crippen molar-refractivity contribution in [3.63, 3.8) is 0 Å². The van der Waals surface area contributed by atoms with Crippen LogP contribution in [0, 0.1) is 0 Å². The van der Waals surface area contributed by atoms with E-state index in [-0.39, 0.29) is 0 Å². The predicted molar refractivity (Wildman–Crippen MR) is 69.5 cm³/mol. The van der Waals surface area contributed by atoms with Gasteiger partial charge in [-0.05, 0) is 24.3 Å². The maximum absolute atomic E-state index is 6.14. The highest BCUT2D eigenvalue weighted by Crippen LogP contribution is 2.33. The second-order valence-electron chi connectivity index (χ2n) is 3.65. The summed E-state index contributed by atoms with van der Waals surface area (Å²) in [6, 6.07) is 12.9. The lowest BCUT2D eigenvalue weighted by molar-refractivity contribution is 0.459. The first-order valence-electron chi connectivity index (χ1n) is 5.05. The van der Waals surface area contributed by atoms with Crippen LogP contribution in [0.25, 0.3) is 22.2 Å². The van der Waals surface area contributed by atoms with Gasteiger partial charge in [-0.15, -0.1) is 0 Å². The van der Waals surface area contributed by atoms with E-state index in [1.807, 2.05) is 30.3 Å². The van der Waals surface area contributed by atoms with Crippen LogP contribution in [0.2, 0.25) is 10.0 Å². The van der Waals surface area contributed by atoms with Gasteiger partial charge >= 0.3 is 0 Å². The van der Waals surface area contributed by atoms with E-state index < -0.39 is 0 Å². The van der Waals surface area contributed by atoms with Gasteiger partial charge in [-0.25, -0.2) is 0 Å². The molecule has 0 spiro atoms. The molecule has 2 nitrogen and oxygen atoms in total. The van der Waals surface area contributed by atoms with Crippen molar-refractivity contribution in [3.05, 3.63) is 52.5 Å². The van der Waals surface area contributed by atoms with Crippen LogP contribution in [-0.2, 0) is 0 Å². The van der Waals surface area contributed by atoms with E-state index in [0.717, 1.165) is 10.9 Å². The molecule has 0 atom stereocenters. The van der Waals surface area contributed by atoms with E-state index in [4.69, 9.17) is 27.7 Å². The van der Waals surface area contributed by atoms with Gasteiger partial charge < -0.3 is 4.52 Å². The fraction of sp³-hybridized carbons (Fsp3) is 0. The number of rotatable bonds is 1. The number of fused-ring (bicyclic) bond motifs is 1. The fourth-order valence-electron chi connectivity index (χ4n) is 1.76. The molecule has 0 radical (unpaired) electrons. The smallest absolute Gasteiger partial charge is 0.167 e. The molecular weight excluding hydrogens is 257 g/mol. The number of hydrogen-bond acceptors (Lipinski definition) is 2. The molecule has 0 saturated carbocycles. The van der Waals surface area contributed by atoms with Gasteiger partial charge in [0.2, 0.25) is 0 Å². The summed E-state index contributed by atoms with van der Waals surface area (Å²) in [5.74, 6) is 0. The number of nitrogens with zero attached hydrogens (tertiary/aromatic N) is 1. The first-order chi connectivity index (χ1) is 8.25. The molecule has 17 heavy (non-hydrogen) atoms. The monoisotopic (exact) mass is 263 g/mol. The Balaban J connectivity index is 2.31. The van der Waals surface area contributed by atoms with Gasteiger partial charge in [-0.2, -0.15) is 0 Å². The van der Waals surface area contributed by atoms with Crippen LogP contribution in [0.3, 0.4) is 0 Å². The summed E-state index contributed by atoms with van der Waals surface area (Å²) in [6.45, 7) is 0. The van der Waals surface area contributed by atoms with Gasteiger partial charge in [0, 0.05) is 10.6 Å². The molecule has 0 N–H and O–H groups in total. The standard InChI is InChI=1S/C13H7Cl2NO/c14-8-5-6-12-10(7-8)13(16-17-12)9-3-1-2-4-11(9)15/h1-7H. The molecule has 0 amide bonds. The largest absolute Gasteiger partial charge is 0.356 e. The molecule has 1 heterocycles. The molecule has 3 rings (SSSR count). The topological polar surface area (TPSA) is 26.0 Å². The van der Waals surface area contributed by atoms with Crippen molar-refractivity contribution in [2.45, 2.75) is 0 Å². The highest BCUT2D eigenvalue weighted by molar-refractivity contribution is 6.34. The van der Waals surface area contributed by atoms with E-state index in [9.17, 15) is 0 Å². The fourth-order valence-corrected chi connectivity index (χ4v) is 2.16. The molecule has 0 aliphatic heterocycles. The third-order valence-corrected chi connectivity index (χ3v) is 3.13. The minimum absolute atomic E-state index is 0.641. The van der Waals surface area contributed by atoms with Crippen LogP contribution in [0.4, 0.5) is 0 Å². The summed E-state index contributed by atoms with van der Waals surface area (Å²) in [6.07, 6.45) is 0. The molecule has 4 heteroatoms. The molecule has 0 fully saturated rings. The van der Waals surface area contributed by atoms with Gasteiger partial charge in [0.1, 0.15) is 5.69 Å². The highest BCUT2D eigenvalue weighted by atomic mass is 35.5. The number of halogens is 2. The maximum Gasteiger partial charge on any atom is 0.167 e. The third kappa shape index (κ3) is 1.79. The molecule has 0 unspecified atom stereocenters. The van der Waals surface area contributed by atoms with Crippen LogP contribution in [0.15, 0.2) is 47.0 Å². The molecule has 0 saturated heterocycles. The number of benzene rings is 2. The van der Waals surface area contributed by atoms with Gasteiger partial charge in [-0.1, -0.05) is 46.6 Å². The number of hydrogen-bond donors (Lipinski definition) is 0. The van der Waals surface area contributed by atoms with Crippen LogP contribution in [0.5, 0.6) is 0 Å². The van der Waals surface area contributed by atoms with Crippen molar-refractivity contribution < 1.29 is 4.52 Å². The third-order valence-electron chi connectivity index (χ3n) is 2.56. The minimum Gasteiger partial charge on any atom is -0.356 e. The van der Waals surface area contributed by atoms with Crippen LogP contribution in [0.1, 0.15) is 0 Å². The molecule has 0 aliphatic carbocycles. The van der Waals surface area contributed by atoms with Crippen LogP contribution >= 0.6 is 23.2 Å². The zero-order valence-electron chi connectivity index (χ0n) is 8.65. The summed E-state index contributed by atoms with van der Waals surface area (Å²) in [5.41, 5.74) is 2.26. The maximum atomic E-state index is 6.14. The van der Waals surface area contributed by atoms with Crippen LogP contribution < -0.4 is 0 Å². The Bertz CT molecular complexity index is 691. The van der Waals surface area contributed by atoms with Crippen molar-refractivity contribution in [2.24, 2.45) is 0 Å². The first kappa shape index (κ1) is 10.6. The van der Waals surface area contributed by atoms with Gasteiger partial charge in [0.05, 0.1) is 10.4 Å². The summed E-state index contributed by atoms with van der Waals surface area (Å²) < 4.78 is 5.25. The Morgan fingerprint density at radius 3 is 2.65 bits per heavy atom. The van der Waals surface area contributed by atoms with E-state index in [1.165, 1.54) is 0 Å². The Labute approximate surface area is 108 Å². The van der Waals surface area contributed by atoms with Crippen molar-refractivity contribution in [1.29, 1.82) is 0 Å². The Hall–Kier alpha value is -1.51.